The number of urea groups is 1. The highest BCUT2D eigenvalue weighted by atomic mass is 19.4. The summed E-state index contributed by atoms with van der Waals surface area (Å²) in [5.74, 6) is -0.347. The highest BCUT2D eigenvalue weighted by molar-refractivity contribution is 5.93. The first-order chi connectivity index (χ1) is 20.1. The maximum absolute atomic E-state index is 13.7. The SMILES string of the molecule is O=C(CN(C(=O)Nc1ccc([N+](=O)[O-])cc1)C1CC1)N(CCc1c[nH]c2ccccc12)Cc1ccc(C(F)(F)F)cc1. The minimum absolute atomic E-state index is 0.0712. The predicted octanol–water partition coefficient (Wildman–Crippen LogP) is 6.36. The Morgan fingerprint density at radius 1 is 1.00 bits per heavy atom. The summed E-state index contributed by atoms with van der Waals surface area (Å²) in [5.41, 5.74) is 1.94. The number of nitrogens with zero attached hydrogens (tertiary/aromatic N) is 3. The largest absolute Gasteiger partial charge is 0.416 e. The zero-order valence-corrected chi connectivity index (χ0v) is 22.4. The van der Waals surface area contributed by atoms with E-state index in [1.165, 1.54) is 41.3 Å². The number of alkyl halides is 3. The number of nitrogens with one attached hydrogen (secondary N) is 2. The minimum atomic E-state index is -4.47. The van der Waals surface area contributed by atoms with Crippen molar-refractivity contribution in [3.8, 4) is 0 Å². The van der Waals surface area contributed by atoms with Crippen LogP contribution in [0.25, 0.3) is 10.9 Å². The van der Waals surface area contributed by atoms with Gasteiger partial charge in [-0.2, -0.15) is 13.2 Å². The monoisotopic (exact) mass is 579 g/mol. The van der Waals surface area contributed by atoms with Crippen molar-refractivity contribution in [2.24, 2.45) is 0 Å². The molecule has 0 saturated heterocycles. The lowest BCUT2D eigenvalue weighted by Gasteiger charge is -2.28. The van der Waals surface area contributed by atoms with Crippen molar-refractivity contribution in [2.45, 2.75) is 38.0 Å². The lowest BCUT2D eigenvalue weighted by atomic mass is 10.1. The van der Waals surface area contributed by atoms with Gasteiger partial charge in [-0.15, -0.1) is 0 Å². The van der Waals surface area contributed by atoms with Crippen LogP contribution in [0.4, 0.5) is 29.3 Å². The molecule has 3 amide bonds. The number of para-hydroxylation sites is 1. The number of aromatic nitrogens is 1. The number of anilines is 1. The second-order valence-corrected chi connectivity index (χ2v) is 10.2. The Kier molecular flexibility index (Phi) is 8.14. The van der Waals surface area contributed by atoms with Crippen LogP contribution in [-0.4, -0.2) is 50.8 Å². The fraction of sp³-hybridized carbons (Fsp3) is 0.267. The molecule has 0 atom stereocenters. The summed E-state index contributed by atoms with van der Waals surface area (Å²) >= 11 is 0. The molecule has 1 saturated carbocycles. The number of nitro benzene ring substituents is 1. The summed E-state index contributed by atoms with van der Waals surface area (Å²) < 4.78 is 39.3. The maximum atomic E-state index is 13.7. The first-order valence-corrected chi connectivity index (χ1v) is 13.4. The Balaban J connectivity index is 1.32. The zero-order chi connectivity index (χ0) is 29.9. The van der Waals surface area contributed by atoms with Crippen LogP contribution in [0.15, 0.2) is 79.0 Å². The first kappa shape index (κ1) is 28.7. The molecule has 0 aliphatic heterocycles. The van der Waals surface area contributed by atoms with Gasteiger partial charge in [0.15, 0.2) is 0 Å². The van der Waals surface area contributed by atoms with Gasteiger partial charge in [-0.3, -0.25) is 14.9 Å². The topological polar surface area (TPSA) is 112 Å². The molecule has 42 heavy (non-hydrogen) atoms. The van der Waals surface area contributed by atoms with Crippen molar-refractivity contribution in [2.75, 3.05) is 18.4 Å². The lowest BCUT2D eigenvalue weighted by molar-refractivity contribution is -0.384. The van der Waals surface area contributed by atoms with E-state index in [4.69, 9.17) is 0 Å². The summed E-state index contributed by atoms with van der Waals surface area (Å²) in [4.78, 5) is 43.4. The van der Waals surface area contributed by atoms with Crippen molar-refractivity contribution >= 4 is 34.2 Å². The van der Waals surface area contributed by atoms with Crippen molar-refractivity contribution in [1.82, 2.24) is 14.8 Å². The second kappa shape index (κ2) is 11.9. The van der Waals surface area contributed by atoms with Crippen molar-refractivity contribution in [3.63, 3.8) is 0 Å². The molecule has 0 bridgehead atoms. The number of halogens is 3. The van der Waals surface area contributed by atoms with E-state index in [9.17, 15) is 32.9 Å². The van der Waals surface area contributed by atoms with Crippen LogP contribution < -0.4 is 5.32 Å². The number of benzene rings is 3. The molecular weight excluding hydrogens is 551 g/mol. The van der Waals surface area contributed by atoms with E-state index in [0.29, 0.717) is 17.7 Å². The van der Waals surface area contributed by atoms with Crippen LogP contribution in [0.2, 0.25) is 0 Å². The van der Waals surface area contributed by atoms with Crippen molar-refractivity contribution in [1.29, 1.82) is 0 Å². The van der Waals surface area contributed by atoms with E-state index in [-0.39, 0.29) is 37.3 Å². The molecule has 1 aliphatic carbocycles. The van der Waals surface area contributed by atoms with Crippen molar-refractivity contribution < 1.29 is 27.7 Å². The lowest BCUT2D eigenvalue weighted by Crippen LogP contribution is -2.45. The van der Waals surface area contributed by atoms with Gasteiger partial charge in [0.1, 0.15) is 6.54 Å². The van der Waals surface area contributed by atoms with Crippen molar-refractivity contribution in [3.05, 3.63) is 106 Å². The molecule has 9 nitrogen and oxygen atoms in total. The van der Waals surface area contributed by atoms with E-state index >= 15 is 0 Å². The second-order valence-electron chi connectivity index (χ2n) is 10.2. The number of amides is 3. The zero-order valence-electron chi connectivity index (χ0n) is 22.4. The molecule has 4 aromatic rings. The molecule has 1 heterocycles. The van der Waals surface area contributed by atoms with Gasteiger partial charge in [0, 0.05) is 54.1 Å². The van der Waals surface area contributed by atoms with E-state index in [1.54, 1.807) is 4.90 Å². The van der Waals surface area contributed by atoms with Gasteiger partial charge < -0.3 is 20.1 Å². The summed E-state index contributed by atoms with van der Waals surface area (Å²) in [6, 6.07) is 17.2. The Morgan fingerprint density at radius 3 is 2.33 bits per heavy atom. The molecule has 1 fully saturated rings. The molecule has 5 rings (SSSR count). The molecule has 0 radical (unpaired) electrons. The number of aromatic amines is 1. The minimum Gasteiger partial charge on any atom is -0.361 e. The number of carbonyl (C=O) groups excluding carboxylic acids is 2. The van der Waals surface area contributed by atoms with Crippen LogP contribution in [0.1, 0.15) is 29.5 Å². The number of non-ortho nitro benzene ring substituents is 1. The van der Waals surface area contributed by atoms with Gasteiger partial charge in [0.25, 0.3) is 5.69 Å². The normalized spacial score (nSPS) is 13.1. The number of hydrogen-bond acceptors (Lipinski definition) is 4. The molecule has 218 valence electrons. The fourth-order valence-corrected chi connectivity index (χ4v) is 4.77. The molecular formula is C30H28F3N5O4. The van der Waals surface area contributed by atoms with E-state index in [1.807, 2.05) is 30.5 Å². The van der Waals surface area contributed by atoms with Crippen LogP contribution >= 0.6 is 0 Å². The highest BCUT2D eigenvalue weighted by Crippen LogP contribution is 2.30. The van der Waals surface area contributed by atoms with E-state index in [2.05, 4.69) is 10.3 Å². The van der Waals surface area contributed by atoms with Gasteiger partial charge in [0.05, 0.1) is 10.5 Å². The van der Waals surface area contributed by atoms with Crippen LogP contribution in [0, 0.1) is 10.1 Å². The summed E-state index contributed by atoms with van der Waals surface area (Å²) in [6.07, 6.45) is -0.635. The number of hydrogen-bond donors (Lipinski definition) is 2. The summed E-state index contributed by atoms with van der Waals surface area (Å²) in [7, 11) is 0. The van der Waals surface area contributed by atoms with E-state index < -0.39 is 22.7 Å². The molecule has 0 spiro atoms. The Hall–Kier alpha value is -4.87. The number of fused-ring (bicyclic) bond motifs is 1. The quantitative estimate of drug-likeness (QED) is 0.168. The maximum Gasteiger partial charge on any atom is 0.416 e. The Bertz CT molecular complexity index is 1580. The van der Waals surface area contributed by atoms with Gasteiger partial charge in [-0.25, -0.2) is 4.79 Å². The Morgan fingerprint density at radius 2 is 1.69 bits per heavy atom. The van der Waals surface area contributed by atoms with Crippen LogP contribution in [0.3, 0.4) is 0 Å². The Labute approximate surface area is 239 Å². The molecule has 1 aromatic heterocycles. The predicted molar refractivity (Wildman–Crippen MR) is 151 cm³/mol. The van der Waals surface area contributed by atoms with Crippen LogP contribution in [0.5, 0.6) is 0 Å². The number of H-pyrrole nitrogens is 1. The molecule has 2 N–H and O–H groups in total. The standard InChI is InChI=1S/C30H28F3N5O4/c31-30(32,33)22-7-5-20(6-8-22)18-36(16-15-21-17-34-27-4-2-1-3-26(21)27)28(39)19-37(24-13-14-24)29(40)35-23-9-11-25(12-10-23)38(41)42/h1-12,17,24,34H,13-16,18-19H2,(H,35,40). The average Bonchev–Trinajstić information content (AvgIpc) is 3.73. The average molecular weight is 580 g/mol. The fourth-order valence-electron chi connectivity index (χ4n) is 4.77. The van der Waals surface area contributed by atoms with Crippen LogP contribution in [-0.2, 0) is 23.9 Å². The smallest absolute Gasteiger partial charge is 0.361 e. The third-order valence-corrected chi connectivity index (χ3v) is 7.22. The van der Waals surface area contributed by atoms with Gasteiger partial charge in [0.2, 0.25) is 5.91 Å². The molecule has 1 aliphatic rings. The van der Waals surface area contributed by atoms with Gasteiger partial charge in [-0.1, -0.05) is 30.3 Å². The molecule has 12 heteroatoms. The third kappa shape index (κ3) is 6.88. The third-order valence-electron chi connectivity index (χ3n) is 7.22. The number of nitro groups is 1. The number of rotatable bonds is 10. The summed E-state index contributed by atoms with van der Waals surface area (Å²) in [6.45, 7) is 0.129. The van der Waals surface area contributed by atoms with Gasteiger partial charge >= 0.3 is 12.2 Å². The summed E-state index contributed by atoms with van der Waals surface area (Å²) in [5, 5.41) is 14.6. The molecule has 0 unspecified atom stereocenters. The number of carbonyl (C=O) groups is 2. The molecule has 3 aromatic carbocycles. The first-order valence-electron chi connectivity index (χ1n) is 13.4. The van der Waals surface area contributed by atoms with E-state index in [0.717, 1.165) is 41.4 Å². The van der Waals surface area contributed by atoms with Gasteiger partial charge in [-0.05, 0) is 60.7 Å². The highest BCUT2D eigenvalue weighted by Gasteiger charge is 2.35.